The summed E-state index contributed by atoms with van der Waals surface area (Å²) in [6, 6.07) is 10.2. The first-order chi connectivity index (χ1) is 14.5. The molecule has 0 saturated carbocycles. The number of amides is 2. The van der Waals surface area contributed by atoms with E-state index in [-0.39, 0.29) is 17.4 Å². The van der Waals surface area contributed by atoms with Crippen LogP contribution in [0, 0.1) is 5.82 Å². The van der Waals surface area contributed by atoms with Gasteiger partial charge in [0.2, 0.25) is 11.8 Å². The molecule has 1 aromatic heterocycles. The molecule has 1 aliphatic heterocycles. The van der Waals surface area contributed by atoms with Crippen molar-refractivity contribution in [1.82, 2.24) is 4.98 Å². The Morgan fingerprint density at radius 2 is 2.07 bits per heavy atom. The zero-order valence-electron chi connectivity index (χ0n) is 16.1. The molecule has 152 valence electrons. The van der Waals surface area contributed by atoms with E-state index in [0.29, 0.717) is 23.1 Å². The SMILES string of the molecule is CC(=O)Nc1ccc(-c2csc(NC(=O)/C=C/c3ccc4c(c3)CCO4)n2)c(F)c1. The summed E-state index contributed by atoms with van der Waals surface area (Å²) >= 11 is 1.20. The summed E-state index contributed by atoms with van der Waals surface area (Å²) in [5.41, 5.74) is 3.11. The molecule has 0 radical (unpaired) electrons. The van der Waals surface area contributed by atoms with E-state index in [1.807, 2.05) is 18.2 Å². The predicted molar refractivity (Wildman–Crippen MR) is 115 cm³/mol. The topological polar surface area (TPSA) is 80.3 Å². The largest absolute Gasteiger partial charge is 0.493 e. The van der Waals surface area contributed by atoms with Crippen molar-refractivity contribution in [3.05, 3.63) is 64.8 Å². The van der Waals surface area contributed by atoms with Gasteiger partial charge in [-0.3, -0.25) is 14.9 Å². The lowest BCUT2D eigenvalue weighted by Crippen LogP contribution is -2.07. The number of carbonyl (C=O) groups excluding carboxylic acids is 2. The molecule has 0 atom stereocenters. The number of ether oxygens (including phenoxy) is 1. The molecule has 6 nitrogen and oxygen atoms in total. The van der Waals surface area contributed by atoms with Crippen LogP contribution in [0.3, 0.4) is 0 Å². The van der Waals surface area contributed by atoms with E-state index in [9.17, 15) is 14.0 Å². The molecule has 2 amide bonds. The van der Waals surface area contributed by atoms with Crippen molar-refractivity contribution in [2.75, 3.05) is 17.2 Å². The van der Waals surface area contributed by atoms with Gasteiger partial charge < -0.3 is 10.1 Å². The van der Waals surface area contributed by atoms with E-state index in [1.54, 1.807) is 23.6 Å². The van der Waals surface area contributed by atoms with Crippen molar-refractivity contribution >= 4 is 40.0 Å². The number of aromatic nitrogens is 1. The monoisotopic (exact) mass is 423 g/mol. The van der Waals surface area contributed by atoms with Gasteiger partial charge in [-0.2, -0.15) is 0 Å². The summed E-state index contributed by atoms with van der Waals surface area (Å²) in [6.07, 6.45) is 4.03. The van der Waals surface area contributed by atoms with Crippen molar-refractivity contribution in [2.24, 2.45) is 0 Å². The number of hydrogen-bond donors (Lipinski definition) is 2. The van der Waals surface area contributed by atoms with Crippen LogP contribution >= 0.6 is 11.3 Å². The van der Waals surface area contributed by atoms with Gasteiger partial charge in [-0.25, -0.2) is 9.37 Å². The minimum atomic E-state index is -0.509. The number of rotatable bonds is 5. The third-order valence-corrected chi connectivity index (χ3v) is 5.20. The quantitative estimate of drug-likeness (QED) is 0.593. The Bertz CT molecular complexity index is 1160. The van der Waals surface area contributed by atoms with Gasteiger partial charge in [0.25, 0.3) is 0 Å². The van der Waals surface area contributed by atoms with Crippen molar-refractivity contribution in [1.29, 1.82) is 0 Å². The molecule has 0 saturated heterocycles. The fourth-order valence-electron chi connectivity index (χ4n) is 3.09. The average Bonchev–Trinajstić information content (AvgIpc) is 3.35. The molecule has 0 fully saturated rings. The van der Waals surface area contributed by atoms with Crippen molar-refractivity contribution in [3.63, 3.8) is 0 Å². The molecule has 4 rings (SSSR count). The normalized spacial score (nSPS) is 12.5. The molecule has 0 aliphatic carbocycles. The molecule has 0 spiro atoms. The van der Waals surface area contributed by atoms with Crippen molar-refractivity contribution < 1.29 is 18.7 Å². The molecule has 3 aromatic rings. The first-order valence-corrected chi connectivity index (χ1v) is 10.1. The summed E-state index contributed by atoms with van der Waals surface area (Å²) in [5.74, 6) is -0.217. The molecular formula is C22H18FN3O3S. The number of nitrogens with one attached hydrogen (secondary N) is 2. The standard InChI is InChI=1S/C22H18FN3O3S/c1-13(27)24-16-4-5-17(18(23)11-16)19-12-30-22(25-19)26-21(28)7-3-14-2-6-20-15(10-14)8-9-29-20/h2-7,10-12H,8-9H2,1H3,(H,24,27)(H,25,26,28)/b7-3+. The summed E-state index contributed by atoms with van der Waals surface area (Å²) in [7, 11) is 0. The van der Waals surface area contributed by atoms with E-state index in [1.165, 1.54) is 30.4 Å². The van der Waals surface area contributed by atoms with Crippen molar-refractivity contribution in [3.8, 4) is 17.0 Å². The Morgan fingerprint density at radius 1 is 1.20 bits per heavy atom. The van der Waals surface area contributed by atoms with Crippen molar-refractivity contribution in [2.45, 2.75) is 13.3 Å². The van der Waals surface area contributed by atoms with Crippen LogP contribution in [0.15, 0.2) is 47.9 Å². The highest BCUT2D eigenvalue weighted by Gasteiger charge is 2.13. The molecule has 1 aliphatic rings. The molecule has 2 aromatic carbocycles. The van der Waals surface area contributed by atoms with Gasteiger partial charge in [-0.05, 0) is 47.5 Å². The third kappa shape index (κ3) is 4.55. The number of carbonyl (C=O) groups is 2. The molecule has 2 heterocycles. The minimum Gasteiger partial charge on any atom is -0.493 e. The predicted octanol–water partition coefficient (Wildman–Crippen LogP) is 4.49. The lowest BCUT2D eigenvalue weighted by atomic mass is 10.1. The van der Waals surface area contributed by atoms with Crippen LogP contribution < -0.4 is 15.4 Å². The Labute approximate surface area is 176 Å². The number of hydrogen-bond acceptors (Lipinski definition) is 5. The van der Waals surface area contributed by atoms with E-state index in [4.69, 9.17) is 4.74 Å². The van der Waals surface area contributed by atoms with Gasteiger partial charge in [-0.1, -0.05) is 6.07 Å². The van der Waals surface area contributed by atoms with E-state index in [2.05, 4.69) is 15.6 Å². The molecule has 2 N–H and O–H groups in total. The van der Waals surface area contributed by atoms with Crippen LogP contribution in [0.4, 0.5) is 15.2 Å². The second-order valence-electron chi connectivity index (χ2n) is 6.70. The number of thiazole rings is 1. The molecule has 30 heavy (non-hydrogen) atoms. The molecular weight excluding hydrogens is 405 g/mol. The highest BCUT2D eigenvalue weighted by atomic mass is 32.1. The molecule has 0 bridgehead atoms. The lowest BCUT2D eigenvalue weighted by Gasteiger charge is -2.04. The maximum absolute atomic E-state index is 14.4. The van der Waals surface area contributed by atoms with Gasteiger partial charge in [0.1, 0.15) is 11.6 Å². The summed E-state index contributed by atoms with van der Waals surface area (Å²) in [6.45, 7) is 2.04. The Hall–Kier alpha value is -3.52. The van der Waals surface area contributed by atoms with Gasteiger partial charge in [0.05, 0.1) is 12.3 Å². The van der Waals surface area contributed by atoms with E-state index in [0.717, 1.165) is 23.3 Å². The third-order valence-electron chi connectivity index (χ3n) is 4.44. The summed E-state index contributed by atoms with van der Waals surface area (Å²) in [4.78, 5) is 27.6. The molecule has 0 unspecified atom stereocenters. The van der Waals surface area contributed by atoms with Crippen LogP contribution in [0.2, 0.25) is 0 Å². The average molecular weight is 423 g/mol. The van der Waals surface area contributed by atoms with Gasteiger partial charge in [0.15, 0.2) is 5.13 Å². The Morgan fingerprint density at radius 3 is 2.87 bits per heavy atom. The number of nitrogens with zero attached hydrogens (tertiary/aromatic N) is 1. The molecule has 8 heteroatoms. The first kappa shape index (κ1) is 19.8. The lowest BCUT2D eigenvalue weighted by molar-refractivity contribution is -0.114. The number of benzene rings is 2. The van der Waals surface area contributed by atoms with Crippen LogP contribution in [0.1, 0.15) is 18.1 Å². The maximum atomic E-state index is 14.4. The second kappa shape index (κ2) is 8.46. The number of fused-ring (bicyclic) bond motifs is 1. The smallest absolute Gasteiger partial charge is 0.250 e. The fraction of sp³-hybridized carbons (Fsp3) is 0.136. The van der Waals surface area contributed by atoms with Crippen LogP contribution in [0.5, 0.6) is 5.75 Å². The summed E-state index contributed by atoms with van der Waals surface area (Å²) in [5, 5.41) is 7.25. The van der Waals surface area contributed by atoms with Crippen LogP contribution in [-0.2, 0) is 16.0 Å². The van der Waals surface area contributed by atoms with Crippen LogP contribution in [-0.4, -0.2) is 23.4 Å². The zero-order valence-corrected chi connectivity index (χ0v) is 16.9. The highest BCUT2D eigenvalue weighted by Crippen LogP contribution is 2.29. The fourth-order valence-corrected chi connectivity index (χ4v) is 3.80. The Balaban J connectivity index is 1.42. The van der Waals surface area contributed by atoms with Gasteiger partial charge in [0, 0.05) is 36.1 Å². The minimum absolute atomic E-state index is 0.276. The van der Waals surface area contributed by atoms with Gasteiger partial charge in [-0.15, -0.1) is 11.3 Å². The maximum Gasteiger partial charge on any atom is 0.250 e. The van der Waals surface area contributed by atoms with Gasteiger partial charge >= 0.3 is 0 Å². The first-order valence-electron chi connectivity index (χ1n) is 9.26. The zero-order chi connectivity index (χ0) is 21.1. The van der Waals surface area contributed by atoms with E-state index >= 15 is 0 Å². The Kier molecular flexibility index (Phi) is 5.58. The number of halogens is 1. The highest BCUT2D eigenvalue weighted by molar-refractivity contribution is 7.14. The number of anilines is 2. The van der Waals surface area contributed by atoms with E-state index < -0.39 is 5.82 Å². The van der Waals surface area contributed by atoms with Crippen LogP contribution in [0.25, 0.3) is 17.3 Å². The summed E-state index contributed by atoms with van der Waals surface area (Å²) < 4.78 is 19.8. The second-order valence-corrected chi connectivity index (χ2v) is 7.56.